The third-order valence-electron chi connectivity index (χ3n) is 12.1. The van der Waals surface area contributed by atoms with Gasteiger partial charge in [-0.25, -0.2) is 0 Å². The van der Waals surface area contributed by atoms with Crippen LogP contribution in [-0.4, -0.2) is 55.5 Å². The minimum atomic E-state index is -0.154. The van der Waals surface area contributed by atoms with E-state index in [-0.39, 0.29) is 18.2 Å². The third-order valence-corrected chi connectivity index (χ3v) is 12.1. The van der Waals surface area contributed by atoms with Crippen LogP contribution in [0.2, 0.25) is 0 Å². The summed E-state index contributed by atoms with van der Waals surface area (Å²) in [5.41, 5.74) is 6.25. The van der Waals surface area contributed by atoms with E-state index in [9.17, 15) is 9.90 Å². The van der Waals surface area contributed by atoms with E-state index < -0.39 is 0 Å². The number of rotatable bonds is 13. The maximum absolute atomic E-state index is 12.2. The monoisotopic (exact) mass is 547 g/mol. The van der Waals surface area contributed by atoms with Crippen LogP contribution in [-0.2, 0) is 9.53 Å². The molecule has 0 amide bonds. The first kappa shape index (κ1) is 31.3. The molecule has 0 saturated heterocycles. The Labute approximate surface area is 239 Å². The highest BCUT2D eigenvalue weighted by atomic mass is 16.5. The van der Waals surface area contributed by atoms with Gasteiger partial charge in [-0.1, -0.05) is 20.8 Å². The summed E-state index contributed by atoms with van der Waals surface area (Å²) in [6.07, 6.45) is 13.4. The summed E-state index contributed by atoms with van der Waals surface area (Å²) in [5.74, 6) is 3.50. The van der Waals surface area contributed by atoms with Crippen LogP contribution < -0.4 is 16.4 Å². The second kappa shape index (κ2) is 13.5. The zero-order valence-electron chi connectivity index (χ0n) is 25.9. The zero-order chi connectivity index (χ0) is 28.2. The summed E-state index contributed by atoms with van der Waals surface area (Å²) in [6.45, 7) is 15.3. The molecule has 4 rings (SSSR count). The van der Waals surface area contributed by atoms with Crippen molar-refractivity contribution < 1.29 is 14.6 Å². The first-order valence-corrected chi connectivity index (χ1v) is 16.6. The minimum Gasteiger partial charge on any atom is -0.463 e. The van der Waals surface area contributed by atoms with Gasteiger partial charge in [0.15, 0.2) is 0 Å². The van der Waals surface area contributed by atoms with E-state index in [4.69, 9.17) is 10.5 Å². The van der Waals surface area contributed by atoms with Crippen molar-refractivity contribution in [1.29, 1.82) is 0 Å². The highest BCUT2D eigenvalue weighted by Gasteiger charge is 2.62. The second-order valence-electron chi connectivity index (χ2n) is 14.8. The zero-order valence-corrected chi connectivity index (χ0v) is 25.9. The highest BCUT2D eigenvalue weighted by Crippen LogP contribution is 2.68. The van der Waals surface area contributed by atoms with Gasteiger partial charge in [0.05, 0.1) is 12.2 Å². The number of hydrogen-bond donors (Lipinski definition) is 4. The number of fused-ring (bicyclic) bond motifs is 5. The average Bonchev–Trinajstić information content (AvgIpc) is 3.24. The highest BCUT2D eigenvalue weighted by molar-refractivity contribution is 5.69. The van der Waals surface area contributed by atoms with Crippen LogP contribution in [0.5, 0.6) is 0 Å². The fraction of sp³-hybridized carbons (Fsp3) is 0.970. The van der Waals surface area contributed by atoms with Gasteiger partial charge >= 0.3 is 5.97 Å². The molecule has 4 unspecified atom stereocenters. The van der Waals surface area contributed by atoms with E-state index in [1.807, 2.05) is 13.8 Å². The number of carbonyl (C=O) groups is 1. The van der Waals surface area contributed by atoms with E-state index in [1.54, 1.807) is 0 Å². The largest absolute Gasteiger partial charge is 0.463 e. The molecule has 4 aliphatic rings. The lowest BCUT2D eigenvalue weighted by molar-refractivity contribution is -0.167. The van der Waals surface area contributed by atoms with E-state index in [0.29, 0.717) is 58.8 Å². The van der Waals surface area contributed by atoms with Crippen molar-refractivity contribution in [1.82, 2.24) is 10.6 Å². The summed E-state index contributed by atoms with van der Waals surface area (Å²) >= 11 is 0. The molecule has 0 heterocycles. The van der Waals surface area contributed by atoms with E-state index in [1.165, 1.54) is 44.9 Å². The van der Waals surface area contributed by atoms with Gasteiger partial charge in [0.25, 0.3) is 0 Å². The molecule has 0 radical (unpaired) electrons. The molecule has 0 bridgehead atoms. The number of ether oxygens (including phenoxy) is 1. The number of aliphatic hydroxyl groups is 1. The summed E-state index contributed by atoms with van der Waals surface area (Å²) in [4.78, 5) is 12.2. The molecule has 0 aliphatic heterocycles. The molecular formula is C33H61N3O3. The molecule has 0 aromatic carbocycles. The smallest absolute Gasteiger partial charge is 0.306 e. The number of hydrogen-bond acceptors (Lipinski definition) is 6. The topological polar surface area (TPSA) is 96.6 Å². The molecule has 39 heavy (non-hydrogen) atoms. The maximum atomic E-state index is 12.2. The first-order valence-electron chi connectivity index (χ1n) is 16.6. The molecule has 0 aromatic heterocycles. The molecule has 6 heteroatoms. The van der Waals surface area contributed by atoms with E-state index in [0.717, 1.165) is 51.9 Å². The fourth-order valence-corrected chi connectivity index (χ4v) is 10.1. The lowest BCUT2D eigenvalue weighted by atomic mass is 9.43. The van der Waals surface area contributed by atoms with Crippen LogP contribution in [0.15, 0.2) is 0 Å². The predicted octanol–water partition coefficient (Wildman–Crippen LogP) is 5.27. The molecule has 4 aliphatic carbocycles. The lowest BCUT2D eigenvalue weighted by Crippen LogP contribution is -2.59. The molecular weight excluding hydrogens is 486 g/mol. The Balaban J connectivity index is 1.32. The molecule has 10 atom stereocenters. The van der Waals surface area contributed by atoms with Crippen molar-refractivity contribution in [2.24, 2.45) is 52.1 Å². The third kappa shape index (κ3) is 6.87. The Kier molecular flexibility index (Phi) is 10.8. The minimum absolute atomic E-state index is 0.0332. The van der Waals surface area contributed by atoms with Crippen molar-refractivity contribution in [2.75, 3.05) is 26.2 Å². The van der Waals surface area contributed by atoms with Gasteiger partial charge in [0.2, 0.25) is 0 Å². The lowest BCUT2D eigenvalue weighted by Gasteiger charge is -2.62. The first-order chi connectivity index (χ1) is 18.6. The Morgan fingerprint density at radius 1 is 0.974 bits per heavy atom. The number of nitrogens with one attached hydrogen (secondary N) is 2. The van der Waals surface area contributed by atoms with Crippen molar-refractivity contribution in [2.45, 2.75) is 130 Å². The standard InChI is InChI=1S/C33H61N3O3/c1-22(2)39-30(38)11-8-23(3)26-9-10-27-31-28(13-15-33(26,27)5)32(4)14-12-25(20-24(32)21-29(31)37)36-19-7-18-35-17-6-16-34/h22-29,31,35-37H,6-21,34H2,1-5H3/t23-,24?,25+,26-,27?,28?,29+,31?,32+,33-/m1/s1. The maximum Gasteiger partial charge on any atom is 0.306 e. The van der Waals surface area contributed by atoms with Gasteiger partial charge in [0, 0.05) is 12.5 Å². The van der Waals surface area contributed by atoms with E-state index >= 15 is 0 Å². The van der Waals surface area contributed by atoms with Crippen LogP contribution in [0.1, 0.15) is 112 Å². The van der Waals surface area contributed by atoms with Crippen LogP contribution in [0.25, 0.3) is 0 Å². The van der Waals surface area contributed by atoms with Gasteiger partial charge in [-0.05, 0) is 157 Å². The van der Waals surface area contributed by atoms with Gasteiger partial charge in [0.1, 0.15) is 0 Å². The van der Waals surface area contributed by atoms with Gasteiger partial charge in [-0.3, -0.25) is 4.79 Å². The normalized spacial score (nSPS) is 40.6. The van der Waals surface area contributed by atoms with Crippen LogP contribution in [0, 0.1) is 46.3 Å². The predicted molar refractivity (Wildman–Crippen MR) is 159 cm³/mol. The second-order valence-corrected chi connectivity index (χ2v) is 14.8. The number of esters is 1. The molecule has 6 nitrogen and oxygen atoms in total. The average molecular weight is 548 g/mol. The molecule has 0 spiro atoms. The van der Waals surface area contributed by atoms with E-state index in [2.05, 4.69) is 31.4 Å². The molecule has 5 N–H and O–H groups in total. The van der Waals surface area contributed by atoms with Gasteiger partial charge < -0.3 is 26.2 Å². The van der Waals surface area contributed by atoms with Crippen molar-refractivity contribution >= 4 is 5.97 Å². The SMILES string of the molecule is CC(C)OC(=O)CC[C@@H](C)[C@H]1CCC2C3C(CC[C@@]21C)[C@@]1(C)CC[C@H](NCCCNCCCN)CC1C[C@@H]3O. The van der Waals surface area contributed by atoms with Gasteiger partial charge in [-0.2, -0.15) is 0 Å². The number of nitrogens with two attached hydrogens (primary N) is 1. The summed E-state index contributed by atoms with van der Waals surface area (Å²) in [5, 5.41) is 19.1. The molecule has 4 fully saturated rings. The quantitative estimate of drug-likeness (QED) is 0.185. The Bertz CT molecular complexity index is 792. The number of carbonyl (C=O) groups excluding carboxylic acids is 1. The Morgan fingerprint density at radius 2 is 1.69 bits per heavy atom. The van der Waals surface area contributed by atoms with Crippen molar-refractivity contribution in [3.8, 4) is 0 Å². The van der Waals surface area contributed by atoms with Crippen molar-refractivity contribution in [3.05, 3.63) is 0 Å². The summed E-state index contributed by atoms with van der Waals surface area (Å²) in [7, 11) is 0. The summed E-state index contributed by atoms with van der Waals surface area (Å²) < 4.78 is 5.41. The molecule has 0 aromatic rings. The van der Waals surface area contributed by atoms with Gasteiger partial charge in [-0.15, -0.1) is 0 Å². The fourth-order valence-electron chi connectivity index (χ4n) is 10.1. The van der Waals surface area contributed by atoms with Crippen LogP contribution >= 0.6 is 0 Å². The Morgan fingerprint density at radius 3 is 2.44 bits per heavy atom. The molecule has 4 saturated carbocycles. The van der Waals surface area contributed by atoms with Crippen molar-refractivity contribution in [3.63, 3.8) is 0 Å². The van der Waals surface area contributed by atoms with Crippen LogP contribution in [0.3, 0.4) is 0 Å². The van der Waals surface area contributed by atoms with Crippen LogP contribution in [0.4, 0.5) is 0 Å². The summed E-state index contributed by atoms with van der Waals surface area (Å²) in [6, 6.07) is 0.601. The Hall–Kier alpha value is -0.690. The molecule has 226 valence electrons. The number of aliphatic hydroxyl groups excluding tert-OH is 1.